The summed E-state index contributed by atoms with van der Waals surface area (Å²) in [6, 6.07) is 0. The minimum atomic E-state index is 0.129. The summed E-state index contributed by atoms with van der Waals surface area (Å²) in [4.78, 5) is 28.1. The number of carbonyl (C=O) groups is 2. The topological polar surface area (TPSA) is 40.6 Å². The van der Waals surface area contributed by atoms with Crippen LogP contribution in [0.5, 0.6) is 0 Å². The molecule has 0 aromatic carbocycles. The molecule has 22 heavy (non-hydrogen) atoms. The number of allylic oxidation sites excluding steroid dienone is 2. The van der Waals surface area contributed by atoms with E-state index in [4.69, 9.17) is 0 Å². The number of hydrogen-bond acceptors (Lipinski definition) is 3. The third-order valence-electron chi connectivity index (χ3n) is 4.52. The normalized spacial score (nSPS) is 21.1. The van der Waals surface area contributed by atoms with E-state index >= 15 is 0 Å². The van der Waals surface area contributed by atoms with Crippen molar-refractivity contribution < 1.29 is 9.59 Å². The Morgan fingerprint density at radius 3 is 2.91 bits per heavy atom. The largest absolute Gasteiger partial charge is 0.346 e. The fourth-order valence-electron chi connectivity index (χ4n) is 3.33. The SMILES string of the molecule is CCCN(C)C(=O)CCSC(=O)N1CCCC2CCCC=C21. The molecule has 2 amide bonds. The highest BCUT2D eigenvalue weighted by atomic mass is 32.2. The average Bonchev–Trinajstić information content (AvgIpc) is 2.54. The molecule has 1 saturated heterocycles. The Balaban J connectivity index is 1.79. The van der Waals surface area contributed by atoms with Crippen molar-refractivity contribution in [2.45, 2.75) is 51.9 Å². The van der Waals surface area contributed by atoms with Gasteiger partial charge in [0.15, 0.2) is 0 Å². The first-order valence-electron chi connectivity index (χ1n) is 8.51. The third kappa shape index (κ3) is 4.51. The second-order valence-electron chi connectivity index (χ2n) is 6.23. The van der Waals surface area contributed by atoms with Gasteiger partial charge in [0.25, 0.3) is 5.24 Å². The second-order valence-corrected chi connectivity index (χ2v) is 7.28. The summed E-state index contributed by atoms with van der Waals surface area (Å²) in [5.41, 5.74) is 1.25. The van der Waals surface area contributed by atoms with Gasteiger partial charge in [-0.05, 0) is 44.4 Å². The maximum atomic E-state index is 12.5. The van der Waals surface area contributed by atoms with Crippen LogP contribution >= 0.6 is 11.8 Å². The Hall–Kier alpha value is -0.970. The molecule has 0 saturated carbocycles. The van der Waals surface area contributed by atoms with Gasteiger partial charge in [0.2, 0.25) is 5.91 Å². The summed E-state index contributed by atoms with van der Waals surface area (Å²) in [7, 11) is 1.83. The number of hydrogen-bond donors (Lipinski definition) is 0. The predicted octanol–water partition coefficient (Wildman–Crippen LogP) is 3.88. The molecule has 0 aromatic heterocycles. The van der Waals surface area contributed by atoms with Gasteiger partial charge in [-0.3, -0.25) is 9.59 Å². The molecule has 1 heterocycles. The van der Waals surface area contributed by atoms with E-state index < -0.39 is 0 Å². The van der Waals surface area contributed by atoms with Crippen molar-refractivity contribution in [3.63, 3.8) is 0 Å². The minimum absolute atomic E-state index is 0.129. The summed E-state index contributed by atoms with van der Waals surface area (Å²) in [6.07, 6.45) is 9.57. The smallest absolute Gasteiger partial charge is 0.285 e. The zero-order valence-electron chi connectivity index (χ0n) is 13.8. The first-order chi connectivity index (χ1) is 10.6. The summed E-state index contributed by atoms with van der Waals surface area (Å²) in [6.45, 7) is 3.70. The van der Waals surface area contributed by atoms with Crippen molar-refractivity contribution in [2.24, 2.45) is 5.92 Å². The molecule has 1 aliphatic carbocycles. The van der Waals surface area contributed by atoms with Gasteiger partial charge in [-0.25, -0.2) is 0 Å². The minimum Gasteiger partial charge on any atom is -0.346 e. The summed E-state index contributed by atoms with van der Waals surface area (Å²) < 4.78 is 0. The average molecular weight is 324 g/mol. The van der Waals surface area contributed by atoms with E-state index in [2.05, 4.69) is 13.0 Å². The lowest BCUT2D eigenvalue weighted by Gasteiger charge is -2.37. The molecule has 0 spiro atoms. The van der Waals surface area contributed by atoms with Gasteiger partial charge in [-0.1, -0.05) is 24.8 Å². The molecule has 2 rings (SSSR count). The fourth-order valence-corrected chi connectivity index (χ4v) is 4.13. The van der Waals surface area contributed by atoms with Crippen LogP contribution in [0, 0.1) is 5.92 Å². The lowest BCUT2D eigenvalue weighted by atomic mass is 9.85. The van der Waals surface area contributed by atoms with Crippen molar-refractivity contribution in [3.05, 3.63) is 11.8 Å². The Bertz CT molecular complexity index is 436. The molecule has 4 nitrogen and oxygen atoms in total. The zero-order valence-corrected chi connectivity index (χ0v) is 14.7. The van der Waals surface area contributed by atoms with Crippen LogP contribution in [0.1, 0.15) is 51.9 Å². The van der Waals surface area contributed by atoms with Crippen LogP contribution < -0.4 is 0 Å². The van der Waals surface area contributed by atoms with E-state index in [0.717, 1.165) is 32.4 Å². The Labute approximate surface area is 138 Å². The molecule has 1 atom stereocenters. The predicted molar refractivity (Wildman–Crippen MR) is 91.8 cm³/mol. The number of piperidine rings is 1. The number of fused-ring (bicyclic) bond motifs is 1. The summed E-state index contributed by atoms with van der Waals surface area (Å²) in [5.74, 6) is 1.31. The van der Waals surface area contributed by atoms with Gasteiger partial charge in [0.05, 0.1) is 0 Å². The molecule has 0 bridgehead atoms. The van der Waals surface area contributed by atoms with Gasteiger partial charge in [0, 0.05) is 38.0 Å². The molecule has 0 aromatic rings. The third-order valence-corrected chi connectivity index (χ3v) is 5.40. The number of rotatable bonds is 5. The molecule has 0 N–H and O–H groups in total. The van der Waals surface area contributed by atoms with Gasteiger partial charge in [-0.15, -0.1) is 0 Å². The monoisotopic (exact) mass is 324 g/mol. The maximum Gasteiger partial charge on any atom is 0.285 e. The first kappa shape index (κ1) is 17.4. The lowest BCUT2D eigenvalue weighted by molar-refractivity contribution is -0.129. The van der Waals surface area contributed by atoms with Crippen molar-refractivity contribution in [2.75, 3.05) is 25.9 Å². The molecule has 5 heteroatoms. The highest BCUT2D eigenvalue weighted by Gasteiger charge is 2.30. The molecule has 1 aliphatic heterocycles. The van der Waals surface area contributed by atoms with Gasteiger partial charge >= 0.3 is 0 Å². The van der Waals surface area contributed by atoms with Crippen molar-refractivity contribution in [1.29, 1.82) is 0 Å². The van der Waals surface area contributed by atoms with Crippen LogP contribution in [0.15, 0.2) is 11.8 Å². The van der Waals surface area contributed by atoms with Crippen molar-refractivity contribution in [3.8, 4) is 0 Å². The van der Waals surface area contributed by atoms with Crippen LogP contribution in [0.2, 0.25) is 0 Å². The molecule has 1 unspecified atom stereocenters. The molecule has 1 fully saturated rings. The van der Waals surface area contributed by atoms with E-state index in [1.54, 1.807) is 4.90 Å². The van der Waals surface area contributed by atoms with Crippen molar-refractivity contribution in [1.82, 2.24) is 9.80 Å². The fraction of sp³-hybridized carbons (Fsp3) is 0.765. The molecular weight excluding hydrogens is 296 g/mol. The molecule has 2 aliphatic rings. The Morgan fingerprint density at radius 2 is 2.14 bits per heavy atom. The van der Waals surface area contributed by atoms with Crippen LogP contribution in [0.25, 0.3) is 0 Å². The maximum absolute atomic E-state index is 12.5. The standard InChI is InChI=1S/C17H28N2O2S/c1-3-11-18(2)16(20)10-13-22-17(21)19-12-6-8-14-7-4-5-9-15(14)19/h9,14H,3-8,10-13H2,1-2H3. The number of thioether (sulfide) groups is 1. The van der Waals surface area contributed by atoms with Crippen molar-refractivity contribution >= 4 is 22.9 Å². The van der Waals surface area contributed by atoms with Crippen LogP contribution in [0.3, 0.4) is 0 Å². The quantitative estimate of drug-likeness (QED) is 0.770. The number of carbonyl (C=O) groups excluding carboxylic acids is 2. The summed E-state index contributed by atoms with van der Waals surface area (Å²) in [5, 5.41) is 0.129. The van der Waals surface area contributed by atoms with E-state index in [9.17, 15) is 9.59 Å². The number of amides is 2. The summed E-state index contributed by atoms with van der Waals surface area (Å²) >= 11 is 1.30. The van der Waals surface area contributed by atoms with E-state index in [0.29, 0.717) is 18.1 Å². The lowest BCUT2D eigenvalue weighted by Crippen LogP contribution is -2.37. The number of likely N-dealkylation sites (tertiary alicyclic amines) is 1. The second kappa shape index (κ2) is 8.61. The van der Waals surface area contributed by atoms with Gasteiger partial charge in [-0.2, -0.15) is 0 Å². The first-order valence-corrected chi connectivity index (χ1v) is 9.50. The van der Waals surface area contributed by atoms with Gasteiger partial charge in [0.1, 0.15) is 0 Å². The van der Waals surface area contributed by atoms with Gasteiger partial charge < -0.3 is 9.80 Å². The van der Waals surface area contributed by atoms with E-state index in [1.807, 2.05) is 11.9 Å². The van der Waals surface area contributed by atoms with Crippen LogP contribution in [-0.4, -0.2) is 46.8 Å². The molecule has 124 valence electrons. The van der Waals surface area contributed by atoms with E-state index in [1.165, 1.54) is 36.7 Å². The van der Waals surface area contributed by atoms with Crippen LogP contribution in [0.4, 0.5) is 4.79 Å². The highest BCUT2D eigenvalue weighted by molar-refractivity contribution is 8.13. The molecule has 0 radical (unpaired) electrons. The number of nitrogens with zero attached hydrogens (tertiary/aromatic N) is 2. The van der Waals surface area contributed by atoms with Crippen LogP contribution in [-0.2, 0) is 4.79 Å². The Kier molecular flexibility index (Phi) is 6.80. The van der Waals surface area contributed by atoms with E-state index in [-0.39, 0.29) is 11.1 Å². The highest BCUT2D eigenvalue weighted by Crippen LogP contribution is 2.36. The zero-order chi connectivity index (χ0) is 15.9. The Morgan fingerprint density at radius 1 is 1.36 bits per heavy atom. The molecular formula is C17H28N2O2S.